The third-order valence-electron chi connectivity index (χ3n) is 11.4. The van der Waals surface area contributed by atoms with Gasteiger partial charge in [0.05, 0.1) is 33.1 Å². The van der Waals surface area contributed by atoms with Gasteiger partial charge in [-0.05, 0) is 70.9 Å². The van der Waals surface area contributed by atoms with Crippen molar-refractivity contribution in [1.82, 2.24) is 18.7 Å². The zero-order valence-corrected chi connectivity index (χ0v) is 29.8. The first-order valence-corrected chi connectivity index (χ1v) is 18.8. The van der Waals surface area contributed by atoms with Crippen LogP contribution < -0.4 is 0 Å². The Labute approximate surface area is 316 Å². The standard InChI is InChI=1S/C51H32N4/c1-3-17-34(18-4-1)48-50-39-24-11-14-27-43(39)55(45(50)32-40-37-22-9-12-25-41(37)53(51(40)48)35-19-5-2-6-20-35)47-29-15-28-46(52-47)54-42-26-13-10-23-38(42)49-36-21-8-7-16-33(36)30-31-44(49)54/h1-32H. The Bertz CT molecular complexity index is 3480. The zero-order chi connectivity index (χ0) is 36.0. The monoisotopic (exact) mass is 700 g/mol. The molecular formula is C51H32N4. The molecule has 0 N–H and O–H groups in total. The summed E-state index contributed by atoms with van der Waals surface area (Å²) in [6.45, 7) is 0. The highest BCUT2D eigenvalue weighted by Gasteiger charge is 2.25. The number of aromatic nitrogens is 4. The minimum absolute atomic E-state index is 0.876. The van der Waals surface area contributed by atoms with Gasteiger partial charge >= 0.3 is 0 Å². The molecule has 0 aliphatic rings. The lowest BCUT2D eigenvalue weighted by Crippen LogP contribution is -2.03. The molecule has 0 unspecified atom stereocenters. The lowest BCUT2D eigenvalue weighted by atomic mass is 9.96. The molecule has 55 heavy (non-hydrogen) atoms. The van der Waals surface area contributed by atoms with E-state index in [9.17, 15) is 0 Å². The average molecular weight is 701 g/mol. The molecule has 0 saturated heterocycles. The van der Waals surface area contributed by atoms with Crippen molar-refractivity contribution in [2.24, 2.45) is 0 Å². The van der Waals surface area contributed by atoms with Crippen molar-refractivity contribution in [3.05, 3.63) is 194 Å². The first-order chi connectivity index (χ1) is 27.3. The molecule has 12 rings (SSSR count). The molecule has 0 amide bonds. The van der Waals surface area contributed by atoms with Crippen molar-refractivity contribution in [3.63, 3.8) is 0 Å². The van der Waals surface area contributed by atoms with Crippen molar-refractivity contribution in [3.8, 4) is 28.5 Å². The van der Waals surface area contributed by atoms with E-state index >= 15 is 0 Å². The summed E-state index contributed by atoms with van der Waals surface area (Å²) in [6, 6.07) is 69.9. The van der Waals surface area contributed by atoms with Gasteiger partial charge in [0.15, 0.2) is 0 Å². The number of nitrogens with zero attached hydrogens (tertiary/aromatic N) is 4. The summed E-state index contributed by atoms with van der Waals surface area (Å²) < 4.78 is 7.15. The van der Waals surface area contributed by atoms with E-state index < -0.39 is 0 Å². The minimum Gasteiger partial charge on any atom is -0.309 e. The average Bonchev–Trinajstić information content (AvgIpc) is 3.89. The summed E-state index contributed by atoms with van der Waals surface area (Å²) in [5, 5.41) is 9.80. The fourth-order valence-electron chi connectivity index (χ4n) is 9.20. The predicted octanol–water partition coefficient (Wildman–Crippen LogP) is 13.2. The topological polar surface area (TPSA) is 27.7 Å². The first kappa shape index (κ1) is 30.1. The molecule has 256 valence electrons. The molecule has 0 fully saturated rings. The molecule has 4 nitrogen and oxygen atoms in total. The second-order valence-corrected chi connectivity index (χ2v) is 14.3. The molecule has 0 atom stereocenters. The smallest absolute Gasteiger partial charge is 0.140 e. The summed E-state index contributed by atoms with van der Waals surface area (Å²) in [7, 11) is 0. The van der Waals surface area contributed by atoms with Crippen LogP contribution in [0.1, 0.15) is 0 Å². The molecule has 4 heterocycles. The quantitative estimate of drug-likeness (QED) is 0.180. The molecule has 4 aromatic heterocycles. The van der Waals surface area contributed by atoms with Gasteiger partial charge in [-0.15, -0.1) is 0 Å². The van der Waals surface area contributed by atoms with Crippen LogP contribution in [0, 0.1) is 0 Å². The van der Waals surface area contributed by atoms with Gasteiger partial charge in [0.2, 0.25) is 0 Å². The van der Waals surface area contributed by atoms with Crippen molar-refractivity contribution in [1.29, 1.82) is 0 Å². The second kappa shape index (κ2) is 11.5. The Balaban J connectivity index is 1.21. The van der Waals surface area contributed by atoms with Gasteiger partial charge in [-0.3, -0.25) is 9.13 Å². The predicted molar refractivity (Wildman–Crippen MR) is 230 cm³/mol. The largest absolute Gasteiger partial charge is 0.309 e. The van der Waals surface area contributed by atoms with E-state index in [-0.39, 0.29) is 0 Å². The van der Waals surface area contributed by atoms with Gasteiger partial charge < -0.3 is 4.57 Å². The molecule has 0 aliphatic heterocycles. The fraction of sp³-hybridized carbons (Fsp3) is 0. The van der Waals surface area contributed by atoms with Crippen LogP contribution >= 0.6 is 0 Å². The number of fused-ring (bicyclic) bond motifs is 11. The van der Waals surface area contributed by atoms with Gasteiger partial charge in [-0.1, -0.05) is 140 Å². The first-order valence-electron chi connectivity index (χ1n) is 18.8. The highest BCUT2D eigenvalue weighted by atomic mass is 15.1. The molecular weight excluding hydrogens is 669 g/mol. The molecule has 0 saturated carbocycles. The number of rotatable bonds is 4. The summed E-state index contributed by atoms with van der Waals surface area (Å²) in [6.07, 6.45) is 0. The van der Waals surface area contributed by atoms with Crippen LogP contribution in [0.15, 0.2) is 194 Å². The van der Waals surface area contributed by atoms with E-state index in [0.29, 0.717) is 0 Å². The molecule has 0 aliphatic carbocycles. The minimum atomic E-state index is 0.876. The third-order valence-corrected chi connectivity index (χ3v) is 11.4. The maximum atomic E-state index is 5.56. The summed E-state index contributed by atoms with van der Waals surface area (Å²) in [5.74, 6) is 1.76. The fourth-order valence-corrected chi connectivity index (χ4v) is 9.20. The third kappa shape index (κ3) is 4.25. The maximum Gasteiger partial charge on any atom is 0.140 e. The van der Waals surface area contributed by atoms with E-state index in [0.717, 1.165) is 39.4 Å². The van der Waals surface area contributed by atoms with Crippen molar-refractivity contribution in [2.75, 3.05) is 0 Å². The lowest BCUT2D eigenvalue weighted by Gasteiger charge is -2.14. The van der Waals surface area contributed by atoms with Gasteiger partial charge in [0.1, 0.15) is 11.6 Å². The van der Waals surface area contributed by atoms with Crippen LogP contribution in [0.4, 0.5) is 0 Å². The summed E-state index contributed by atoms with van der Waals surface area (Å²) in [4.78, 5) is 5.56. The lowest BCUT2D eigenvalue weighted by molar-refractivity contribution is 1.01. The second-order valence-electron chi connectivity index (χ2n) is 14.3. The number of pyridine rings is 1. The Morgan fingerprint density at radius 2 is 0.873 bits per heavy atom. The molecule has 8 aromatic carbocycles. The molecule has 0 spiro atoms. The van der Waals surface area contributed by atoms with E-state index in [1.54, 1.807) is 0 Å². The van der Waals surface area contributed by atoms with E-state index in [2.05, 4.69) is 208 Å². The van der Waals surface area contributed by atoms with Crippen LogP contribution in [0.5, 0.6) is 0 Å². The van der Waals surface area contributed by atoms with Gasteiger partial charge in [0, 0.05) is 43.6 Å². The summed E-state index contributed by atoms with van der Waals surface area (Å²) >= 11 is 0. The molecule has 4 heteroatoms. The van der Waals surface area contributed by atoms with Crippen LogP contribution in [0.3, 0.4) is 0 Å². The number of hydrogen-bond acceptors (Lipinski definition) is 1. The Morgan fingerprint density at radius 1 is 0.327 bits per heavy atom. The number of benzene rings is 8. The van der Waals surface area contributed by atoms with Crippen LogP contribution in [0.2, 0.25) is 0 Å². The van der Waals surface area contributed by atoms with Crippen molar-refractivity contribution >= 4 is 76.2 Å². The normalized spacial score (nSPS) is 12.0. The Kier molecular flexibility index (Phi) is 6.31. The van der Waals surface area contributed by atoms with Crippen LogP contribution in [0.25, 0.3) is 105 Å². The molecule has 0 radical (unpaired) electrons. The van der Waals surface area contributed by atoms with E-state index in [4.69, 9.17) is 4.98 Å². The van der Waals surface area contributed by atoms with Crippen LogP contribution in [-0.4, -0.2) is 18.7 Å². The highest BCUT2D eigenvalue weighted by molar-refractivity contribution is 6.27. The van der Waals surface area contributed by atoms with Gasteiger partial charge in [-0.2, -0.15) is 0 Å². The van der Waals surface area contributed by atoms with E-state index in [1.807, 2.05) is 0 Å². The van der Waals surface area contributed by atoms with Crippen molar-refractivity contribution < 1.29 is 0 Å². The zero-order valence-electron chi connectivity index (χ0n) is 29.8. The van der Waals surface area contributed by atoms with Crippen molar-refractivity contribution in [2.45, 2.75) is 0 Å². The molecule has 12 aromatic rings. The summed E-state index contributed by atoms with van der Waals surface area (Å²) in [5.41, 5.74) is 10.5. The number of hydrogen-bond donors (Lipinski definition) is 0. The highest BCUT2D eigenvalue weighted by Crippen LogP contribution is 2.46. The Morgan fingerprint density at radius 3 is 1.58 bits per heavy atom. The maximum absolute atomic E-state index is 5.56. The number of para-hydroxylation sites is 4. The van der Waals surface area contributed by atoms with Gasteiger partial charge in [-0.25, -0.2) is 4.98 Å². The van der Waals surface area contributed by atoms with E-state index in [1.165, 1.54) is 65.3 Å². The Hall–Kier alpha value is -7.43. The molecule has 0 bridgehead atoms. The van der Waals surface area contributed by atoms with Crippen LogP contribution in [-0.2, 0) is 0 Å². The SMILES string of the molecule is c1ccc(-c2c3c4ccccc4n(-c4cccc(-n5c6ccccc6c6c7ccccc7ccc65)n4)c3cc3c4ccccc4n(-c4ccccc4)c23)cc1. The van der Waals surface area contributed by atoms with Gasteiger partial charge in [0.25, 0.3) is 0 Å².